The van der Waals surface area contributed by atoms with E-state index in [4.69, 9.17) is 16.3 Å². The molecule has 2 nitrogen and oxygen atoms in total. The van der Waals surface area contributed by atoms with Crippen LogP contribution in [0.1, 0.15) is 36.8 Å². The standard InChI is InChI=1S/C15H22ClNO/c1-11-7-8-12(13(16)9-11)10-18-15-6-4-3-5-14(15)17-2/h7-9,14-15,17H,3-6,10H2,1-2H3. The van der Waals surface area contributed by atoms with Gasteiger partial charge in [-0.15, -0.1) is 0 Å². The van der Waals surface area contributed by atoms with Crippen LogP contribution in [0.3, 0.4) is 0 Å². The van der Waals surface area contributed by atoms with E-state index in [1.54, 1.807) is 0 Å². The lowest BCUT2D eigenvalue weighted by molar-refractivity contribution is -0.00357. The van der Waals surface area contributed by atoms with Crippen LogP contribution in [-0.2, 0) is 11.3 Å². The molecule has 1 fully saturated rings. The van der Waals surface area contributed by atoms with Gasteiger partial charge in [-0.05, 0) is 44.0 Å². The maximum atomic E-state index is 6.22. The first kappa shape index (κ1) is 13.9. The molecule has 0 heterocycles. The molecule has 2 unspecified atom stereocenters. The molecule has 0 radical (unpaired) electrons. The number of rotatable bonds is 4. The van der Waals surface area contributed by atoms with Gasteiger partial charge in [-0.25, -0.2) is 0 Å². The fourth-order valence-electron chi connectivity index (χ4n) is 2.59. The van der Waals surface area contributed by atoms with Crippen LogP contribution in [0.2, 0.25) is 5.02 Å². The van der Waals surface area contributed by atoms with Crippen molar-refractivity contribution in [3.63, 3.8) is 0 Å². The van der Waals surface area contributed by atoms with Crippen LogP contribution in [0.5, 0.6) is 0 Å². The molecule has 2 atom stereocenters. The van der Waals surface area contributed by atoms with Crippen LogP contribution in [0.25, 0.3) is 0 Å². The average Bonchev–Trinajstić information content (AvgIpc) is 2.38. The summed E-state index contributed by atoms with van der Waals surface area (Å²) in [6.07, 6.45) is 5.25. The van der Waals surface area contributed by atoms with Crippen molar-refractivity contribution in [3.05, 3.63) is 34.3 Å². The van der Waals surface area contributed by atoms with Gasteiger partial charge in [0, 0.05) is 11.1 Å². The molecule has 1 aliphatic carbocycles. The third kappa shape index (κ3) is 3.47. The van der Waals surface area contributed by atoms with E-state index < -0.39 is 0 Å². The lowest BCUT2D eigenvalue weighted by Crippen LogP contribution is -2.41. The molecule has 1 saturated carbocycles. The first-order valence-corrected chi connectivity index (χ1v) is 7.12. The van der Waals surface area contributed by atoms with Crippen LogP contribution in [0.15, 0.2) is 18.2 Å². The topological polar surface area (TPSA) is 21.3 Å². The van der Waals surface area contributed by atoms with E-state index in [0.29, 0.717) is 18.8 Å². The fourth-order valence-corrected chi connectivity index (χ4v) is 2.88. The smallest absolute Gasteiger partial charge is 0.0735 e. The molecule has 0 saturated heterocycles. The zero-order valence-electron chi connectivity index (χ0n) is 11.2. The van der Waals surface area contributed by atoms with Gasteiger partial charge in [-0.1, -0.05) is 36.6 Å². The molecule has 0 aliphatic heterocycles. The number of nitrogens with one attached hydrogen (secondary N) is 1. The van der Waals surface area contributed by atoms with E-state index in [1.165, 1.54) is 24.8 Å². The van der Waals surface area contributed by atoms with Gasteiger partial charge < -0.3 is 10.1 Å². The second-order valence-electron chi connectivity index (χ2n) is 5.12. The molecular weight excluding hydrogens is 246 g/mol. The van der Waals surface area contributed by atoms with E-state index >= 15 is 0 Å². The molecule has 0 amide bonds. The number of likely N-dealkylation sites (N-methyl/N-ethyl adjacent to an activating group) is 1. The third-order valence-corrected chi connectivity index (χ3v) is 4.09. The first-order valence-electron chi connectivity index (χ1n) is 6.74. The van der Waals surface area contributed by atoms with Gasteiger partial charge in [0.05, 0.1) is 12.7 Å². The van der Waals surface area contributed by atoms with E-state index in [1.807, 2.05) is 13.1 Å². The largest absolute Gasteiger partial charge is 0.372 e. The molecule has 1 aromatic rings. The Morgan fingerprint density at radius 2 is 2.11 bits per heavy atom. The van der Waals surface area contributed by atoms with E-state index in [-0.39, 0.29) is 0 Å². The van der Waals surface area contributed by atoms with Crippen molar-refractivity contribution >= 4 is 11.6 Å². The molecule has 0 spiro atoms. The summed E-state index contributed by atoms with van der Waals surface area (Å²) < 4.78 is 6.05. The van der Waals surface area contributed by atoms with Crippen molar-refractivity contribution < 1.29 is 4.74 Å². The summed E-state index contributed by atoms with van der Waals surface area (Å²) in [7, 11) is 2.02. The molecule has 1 aliphatic rings. The van der Waals surface area contributed by atoms with E-state index in [9.17, 15) is 0 Å². The van der Waals surface area contributed by atoms with Gasteiger partial charge in [0.1, 0.15) is 0 Å². The van der Waals surface area contributed by atoms with Crippen molar-refractivity contribution in [1.29, 1.82) is 0 Å². The zero-order chi connectivity index (χ0) is 13.0. The van der Waals surface area contributed by atoms with Gasteiger partial charge in [-0.2, -0.15) is 0 Å². The monoisotopic (exact) mass is 267 g/mol. The Balaban J connectivity index is 1.93. The minimum Gasteiger partial charge on any atom is -0.372 e. The SMILES string of the molecule is CNC1CCCCC1OCc1ccc(C)cc1Cl. The van der Waals surface area contributed by atoms with Gasteiger partial charge in [0.2, 0.25) is 0 Å². The Morgan fingerprint density at radius 3 is 2.83 bits per heavy atom. The Labute approximate surface area is 115 Å². The quantitative estimate of drug-likeness (QED) is 0.898. The molecular formula is C15H22ClNO. The Kier molecular flexibility index (Phi) is 5.04. The van der Waals surface area contributed by atoms with Crippen molar-refractivity contribution in [3.8, 4) is 0 Å². The molecule has 1 N–H and O–H groups in total. The zero-order valence-corrected chi connectivity index (χ0v) is 12.0. The predicted octanol–water partition coefficient (Wildman–Crippen LogP) is 3.70. The van der Waals surface area contributed by atoms with Crippen LogP contribution >= 0.6 is 11.6 Å². The summed E-state index contributed by atoms with van der Waals surface area (Å²) in [6, 6.07) is 6.63. The molecule has 0 aromatic heterocycles. The van der Waals surface area contributed by atoms with Crippen LogP contribution in [-0.4, -0.2) is 19.2 Å². The second-order valence-corrected chi connectivity index (χ2v) is 5.53. The molecule has 2 rings (SSSR count). The van der Waals surface area contributed by atoms with Crippen molar-refractivity contribution in [2.45, 2.75) is 51.4 Å². The summed E-state index contributed by atoms with van der Waals surface area (Å²) in [5, 5.41) is 4.17. The molecule has 100 valence electrons. The summed E-state index contributed by atoms with van der Waals surface area (Å²) in [6.45, 7) is 2.66. The Morgan fingerprint density at radius 1 is 1.33 bits per heavy atom. The number of halogens is 1. The highest BCUT2D eigenvalue weighted by atomic mass is 35.5. The highest BCUT2D eigenvalue weighted by molar-refractivity contribution is 6.31. The summed E-state index contributed by atoms with van der Waals surface area (Å²) in [4.78, 5) is 0. The molecule has 3 heteroatoms. The minimum absolute atomic E-state index is 0.320. The highest BCUT2D eigenvalue weighted by Crippen LogP contribution is 2.24. The van der Waals surface area contributed by atoms with Gasteiger partial charge in [-0.3, -0.25) is 0 Å². The molecule has 0 bridgehead atoms. The summed E-state index contributed by atoms with van der Waals surface area (Å²) in [5.74, 6) is 0. The highest BCUT2D eigenvalue weighted by Gasteiger charge is 2.24. The van der Waals surface area contributed by atoms with Crippen molar-refractivity contribution in [1.82, 2.24) is 5.32 Å². The predicted molar refractivity (Wildman–Crippen MR) is 76.1 cm³/mol. The minimum atomic E-state index is 0.320. The molecule has 1 aromatic carbocycles. The number of hydrogen-bond acceptors (Lipinski definition) is 2. The lowest BCUT2D eigenvalue weighted by atomic mass is 9.92. The second kappa shape index (κ2) is 6.55. The maximum Gasteiger partial charge on any atom is 0.0735 e. The van der Waals surface area contributed by atoms with Gasteiger partial charge in [0.15, 0.2) is 0 Å². The maximum absolute atomic E-state index is 6.22. The van der Waals surface area contributed by atoms with Crippen LogP contribution < -0.4 is 5.32 Å². The fraction of sp³-hybridized carbons (Fsp3) is 0.600. The number of hydrogen-bond donors (Lipinski definition) is 1. The lowest BCUT2D eigenvalue weighted by Gasteiger charge is -2.31. The third-order valence-electron chi connectivity index (χ3n) is 3.73. The van der Waals surface area contributed by atoms with Crippen LogP contribution in [0.4, 0.5) is 0 Å². The summed E-state index contributed by atoms with van der Waals surface area (Å²) in [5.41, 5.74) is 2.28. The van der Waals surface area contributed by atoms with E-state index in [0.717, 1.165) is 17.0 Å². The first-order chi connectivity index (χ1) is 8.70. The number of benzene rings is 1. The average molecular weight is 268 g/mol. The number of ether oxygens (including phenoxy) is 1. The Hall–Kier alpha value is -0.570. The van der Waals surface area contributed by atoms with Crippen molar-refractivity contribution in [2.24, 2.45) is 0 Å². The van der Waals surface area contributed by atoms with Gasteiger partial charge >= 0.3 is 0 Å². The number of aryl methyl sites for hydroxylation is 1. The summed E-state index contributed by atoms with van der Waals surface area (Å²) >= 11 is 6.22. The van der Waals surface area contributed by atoms with Crippen molar-refractivity contribution in [2.75, 3.05) is 7.05 Å². The Bertz CT molecular complexity index is 394. The normalized spacial score (nSPS) is 24.2. The van der Waals surface area contributed by atoms with Gasteiger partial charge in [0.25, 0.3) is 0 Å². The van der Waals surface area contributed by atoms with E-state index in [2.05, 4.69) is 24.4 Å². The van der Waals surface area contributed by atoms with Crippen LogP contribution in [0, 0.1) is 6.92 Å². The molecule has 18 heavy (non-hydrogen) atoms.